The second-order valence-corrected chi connectivity index (χ2v) is 7.62. The Morgan fingerprint density at radius 1 is 1.32 bits per heavy atom. The summed E-state index contributed by atoms with van der Waals surface area (Å²) in [6.07, 6.45) is 0.999. The van der Waals surface area contributed by atoms with E-state index in [0.29, 0.717) is 10.8 Å². The predicted molar refractivity (Wildman–Crippen MR) is 78.1 cm³/mol. The lowest BCUT2D eigenvalue weighted by atomic mass is 9.96. The third kappa shape index (κ3) is 3.09. The average molecular weight is 282 g/mol. The normalized spacial score (nSPS) is 24.5. The Bertz CT molecular complexity index is 532. The van der Waals surface area contributed by atoms with E-state index >= 15 is 0 Å². The van der Waals surface area contributed by atoms with Gasteiger partial charge in [0.15, 0.2) is 9.84 Å². The van der Waals surface area contributed by atoms with Crippen LogP contribution >= 0.6 is 0 Å². The number of rotatable bonds is 3. The van der Waals surface area contributed by atoms with Gasteiger partial charge in [-0.15, -0.1) is 0 Å². The van der Waals surface area contributed by atoms with Crippen molar-refractivity contribution in [2.24, 2.45) is 11.7 Å². The van der Waals surface area contributed by atoms with Gasteiger partial charge in [-0.2, -0.15) is 0 Å². The van der Waals surface area contributed by atoms with Crippen LogP contribution < -0.4 is 10.6 Å². The quantitative estimate of drug-likeness (QED) is 0.915. The van der Waals surface area contributed by atoms with Crippen molar-refractivity contribution in [3.8, 4) is 0 Å². The van der Waals surface area contributed by atoms with Crippen LogP contribution in [-0.2, 0) is 9.84 Å². The standard InChI is InChI=1S/C14H22N2O2S/c1-3-19(17,18)14-7-5-4-6-13(14)16-9-11(2)8-12(15)10-16/h4-7,11-12H,3,8-10,15H2,1-2H3. The number of nitrogens with zero attached hydrogens (tertiary/aromatic N) is 1. The van der Waals surface area contributed by atoms with E-state index in [2.05, 4.69) is 11.8 Å². The molecule has 1 heterocycles. The zero-order valence-electron chi connectivity index (χ0n) is 11.5. The van der Waals surface area contributed by atoms with Crippen molar-refractivity contribution in [2.75, 3.05) is 23.7 Å². The first-order valence-corrected chi connectivity index (χ1v) is 8.41. The highest BCUT2D eigenvalue weighted by molar-refractivity contribution is 7.91. The Balaban J connectivity index is 2.40. The Labute approximate surface area is 115 Å². The number of hydrogen-bond donors (Lipinski definition) is 1. The molecule has 1 aromatic rings. The lowest BCUT2D eigenvalue weighted by Gasteiger charge is -2.37. The highest BCUT2D eigenvalue weighted by atomic mass is 32.2. The van der Waals surface area contributed by atoms with Gasteiger partial charge in [-0.25, -0.2) is 8.42 Å². The molecule has 0 amide bonds. The van der Waals surface area contributed by atoms with Crippen LogP contribution in [0.3, 0.4) is 0 Å². The maximum atomic E-state index is 12.2. The van der Waals surface area contributed by atoms with E-state index in [1.807, 2.05) is 12.1 Å². The highest BCUT2D eigenvalue weighted by Crippen LogP contribution is 2.29. The summed E-state index contributed by atoms with van der Waals surface area (Å²) in [6.45, 7) is 5.42. The lowest BCUT2D eigenvalue weighted by molar-refractivity contribution is 0.400. The van der Waals surface area contributed by atoms with Gasteiger partial charge in [0, 0.05) is 19.1 Å². The van der Waals surface area contributed by atoms with Gasteiger partial charge in [-0.1, -0.05) is 26.0 Å². The summed E-state index contributed by atoms with van der Waals surface area (Å²) >= 11 is 0. The molecule has 5 heteroatoms. The Hall–Kier alpha value is -1.07. The molecule has 1 saturated heterocycles. The largest absolute Gasteiger partial charge is 0.369 e. The van der Waals surface area contributed by atoms with E-state index in [1.165, 1.54) is 0 Å². The molecule has 4 nitrogen and oxygen atoms in total. The number of para-hydroxylation sites is 1. The van der Waals surface area contributed by atoms with E-state index < -0.39 is 9.84 Å². The van der Waals surface area contributed by atoms with Crippen LogP contribution in [0.5, 0.6) is 0 Å². The topological polar surface area (TPSA) is 63.4 Å². The molecule has 2 atom stereocenters. The number of sulfone groups is 1. The van der Waals surface area contributed by atoms with Gasteiger partial charge in [-0.3, -0.25) is 0 Å². The van der Waals surface area contributed by atoms with Gasteiger partial charge in [0.2, 0.25) is 0 Å². The fourth-order valence-corrected chi connectivity index (χ4v) is 3.85. The molecule has 1 aliphatic heterocycles. The van der Waals surface area contributed by atoms with Crippen LogP contribution in [0.2, 0.25) is 0 Å². The first kappa shape index (κ1) is 14.3. The maximum absolute atomic E-state index is 12.2. The third-order valence-corrected chi connectivity index (χ3v) is 5.39. The third-order valence-electron chi connectivity index (χ3n) is 3.61. The van der Waals surface area contributed by atoms with Crippen molar-refractivity contribution in [3.05, 3.63) is 24.3 Å². The van der Waals surface area contributed by atoms with Crippen molar-refractivity contribution in [3.63, 3.8) is 0 Å². The molecule has 1 aliphatic rings. The number of hydrogen-bond acceptors (Lipinski definition) is 4. The molecule has 2 unspecified atom stereocenters. The molecule has 0 aliphatic carbocycles. The van der Waals surface area contributed by atoms with Crippen LogP contribution in [0.4, 0.5) is 5.69 Å². The summed E-state index contributed by atoms with van der Waals surface area (Å²) in [4.78, 5) is 2.54. The molecule has 0 radical (unpaired) electrons. The molecule has 0 aromatic heterocycles. The van der Waals surface area contributed by atoms with Crippen molar-refractivity contribution in [1.82, 2.24) is 0 Å². The second-order valence-electron chi connectivity index (χ2n) is 5.38. The van der Waals surface area contributed by atoms with Crippen LogP contribution in [0, 0.1) is 5.92 Å². The minimum Gasteiger partial charge on any atom is -0.369 e. The molecule has 106 valence electrons. The first-order valence-electron chi connectivity index (χ1n) is 6.76. The van der Waals surface area contributed by atoms with E-state index in [9.17, 15) is 8.42 Å². The van der Waals surface area contributed by atoms with Crippen molar-refractivity contribution < 1.29 is 8.42 Å². The van der Waals surface area contributed by atoms with Crippen LogP contribution in [0.25, 0.3) is 0 Å². The fourth-order valence-electron chi connectivity index (χ4n) is 2.73. The average Bonchev–Trinajstić information content (AvgIpc) is 2.37. The van der Waals surface area contributed by atoms with Gasteiger partial charge < -0.3 is 10.6 Å². The summed E-state index contributed by atoms with van der Waals surface area (Å²) in [5, 5.41) is 0. The molecule has 0 saturated carbocycles. The Kier molecular flexibility index (Phi) is 4.16. The van der Waals surface area contributed by atoms with Crippen LogP contribution in [-0.4, -0.2) is 33.3 Å². The van der Waals surface area contributed by atoms with E-state index in [-0.39, 0.29) is 11.8 Å². The molecule has 1 aromatic carbocycles. The molecular weight excluding hydrogens is 260 g/mol. The van der Waals surface area contributed by atoms with Gasteiger partial charge >= 0.3 is 0 Å². The smallest absolute Gasteiger partial charge is 0.180 e. The SMILES string of the molecule is CCS(=O)(=O)c1ccccc1N1CC(C)CC(N)C1. The summed E-state index contributed by atoms with van der Waals surface area (Å²) in [6, 6.07) is 7.35. The second kappa shape index (κ2) is 5.51. The molecule has 1 fully saturated rings. The van der Waals surface area contributed by atoms with Crippen molar-refractivity contribution >= 4 is 15.5 Å². The van der Waals surface area contributed by atoms with Crippen LogP contribution in [0.1, 0.15) is 20.3 Å². The first-order chi connectivity index (χ1) is 8.94. The summed E-state index contributed by atoms with van der Waals surface area (Å²) < 4.78 is 24.3. The van der Waals surface area contributed by atoms with Gasteiger partial charge in [0.25, 0.3) is 0 Å². The summed E-state index contributed by atoms with van der Waals surface area (Å²) in [5.74, 6) is 0.612. The van der Waals surface area contributed by atoms with Crippen LogP contribution in [0.15, 0.2) is 29.2 Å². The monoisotopic (exact) mass is 282 g/mol. The van der Waals surface area contributed by atoms with Gasteiger partial charge in [0.1, 0.15) is 0 Å². The summed E-state index contributed by atoms with van der Waals surface area (Å²) in [5.41, 5.74) is 6.85. The summed E-state index contributed by atoms with van der Waals surface area (Å²) in [7, 11) is -3.20. The zero-order chi connectivity index (χ0) is 14.0. The lowest BCUT2D eigenvalue weighted by Crippen LogP contribution is -2.46. The van der Waals surface area contributed by atoms with Crippen molar-refractivity contribution in [2.45, 2.75) is 31.2 Å². The van der Waals surface area contributed by atoms with E-state index in [1.54, 1.807) is 19.1 Å². The Morgan fingerprint density at radius 3 is 2.63 bits per heavy atom. The molecule has 19 heavy (non-hydrogen) atoms. The van der Waals surface area contributed by atoms with E-state index in [0.717, 1.165) is 25.2 Å². The predicted octanol–water partition coefficient (Wildman–Crippen LogP) is 1.65. The highest BCUT2D eigenvalue weighted by Gasteiger charge is 2.26. The maximum Gasteiger partial charge on any atom is 0.180 e. The van der Waals surface area contributed by atoms with E-state index in [4.69, 9.17) is 5.73 Å². The Morgan fingerprint density at radius 2 is 2.00 bits per heavy atom. The fraction of sp³-hybridized carbons (Fsp3) is 0.571. The van der Waals surface area contributed by atoms with Crippen molar-refractivity contribution in [1.29, 1.82) is 0 Å². The van der Waals surface area contributed by atoms with Gasteiger partial charge in [0.05, 0.1) is 16.3 Å². The number of piperidine rings is 1. The molecule has 0 bridgehead atoms. The molecule has 2 N–H and O–H groups in total. The number of nitrogens with two attached hydrogens (primary N) is 1. The zero-order valence-corrected chi connectivity index (χ0v) is 12.4. The molecule has 0 spiro atoms. The number of benzene rings is 1. The minimum atomic E-state index is -3.20. The van der Waals surface area contributed by atoms with Gasteiger partial charge in [-0.05, 0) is 24.5 Å². The minimum absolute atomic E-state index is 0.112. The number of anilines is 1. The molecular formula is C14H22N2O2S. The molecule has 2 rings (SSSR count).